The smallest absolute Gasteiger partial charge is 0.317 e. The van der Waals surface area contributed by atoms with E-state index in [1.165, 1.54) is 0 Å². The number of amides is 2. The molecule has 1 aromatic heterocycles. The normalized spacial score (nSPS) is 9.86. The molecule has 1 heterocycles. The van der Waals surface area contributed by atoms with Crippen molar-refractivity contribution in [3.63, 3.8) is 0 Å². The lowest BCUT2D eigenvalue weighted by Crippen LogP contribution is -2.39. The van der Waals surface area contributed by atoms with Crippen LogP contribution in [0.15, 0.2) is 23.0 Å². The van der Waals surface area contributed by atoms with Gasteiger partial charge in [0.05, 0.1) is 12.5 Å². The molecule has 78 valence electrons. The van der Waals surface area contributed by atoms with E-state index in [-0.39, 0.29) is 6.03 Å². The van der Waals surface area contributed by atoms with Crippen molar-refractivity contribution in [3.8, 4) is 0 Å². The van der Waals surface area contributed by atoms with Crippen LogP contribution in [0.4, 0.5) is 4.79 Å². The number of hydrogen-bond acceptors (Lipinski definition) is 2. The Morgan fingerprint density at radius 1 is 1.50 bits per heavy atom. The average molecular weight is 196 g/mol. The van der Waals surface area contributed by atoms with Crippen LogP contribution in [0.1, 0.15) is 19.4 Å². The minimum atomic E-state index is -0.0313. The molecule has 4 heteroatoms. The van der Waals surface area contributed by atoms with Crippen molar-refractivity contribution >= 4 is 6.03 Å². The van der Waals surface area contributed by atoms with Gasteiger partial charge in [-0.3, -0.25) is 0 Å². The van der Waals surface area contributed by atoms with Gasteiger partial charge in [0.15, 0.2) is 0 Å². The highest BCUT2D eigenvalue weighted by atomic mass is 16.3. The van der Waals surface area contributed by atoms with Crippen LogP contribution in [0.2, 0.25) is 0 Å². The standard InChI is InChI=1S/C10H16N2O2/c1-3-12(4-2)10(13)11-7-9-5-6-14-8-9/h5-6,8H,3-4,7H2,1-2H3,(H,11,13). The zero-order valence-electron chi connectivity index (χ0n) is 8.62. The van der Waals surface area contributed by atoms with E-state index in [1.807, 2.05) is 19.9 Å². The third-order valence-electron chi connectivity index (χ3n) is 2.07. The topological polar surface area (TPSA) is 45.5 Å². The second-order valence-corrected chi connectivity index (χ2v) is 2.96. The largest absolute Gasteiger partial charge is 0.472 e. The molecular weight excluding hydrogens is 180 g/mol. The number of furan rings is 1. The van der Waals surface area contributed by atoms with Gasteiger partial charge in [0.2, 0.25) is 0 Å². The highest BCUT2D eigenvalue weighted by molar-refractivity contribution is 5.74. The summed E-state index contributed by atoms with van der Waals surface area (Å²) in [6, 6.07) is 1.80. The second kappa shape index (κ2) is 5.32. The Kier molecular flexibility index (Phi) is 4.04. The van der Waals surface area contributed by atoms with Gasteiger partial charge >= 0.3 is 6.03 Å². The molecule has 0 aromatic carbocycles. The van der Waals surface area contributed by atoms with Crippen molar-refractivity contribution in [2.75, 3.05) is 13.1 Å². The van der Waals surface area contributed by atoms with E-state index in [1.54, 1.807) is 17.4 Å². The Bertz CT molecular complexity index is 266. The predicted molar refractivity (Wildman–Crippen MR) is 53.9 cm³/mol. The molecule has 0 fully saturated rings. The maximum Gasteiger partial charge on any atom is 0.317 e. The minimum Gasteiger partial charge on any atom is -0.472 e. The van der Waals surface area contributed by atoms with Gasteiger partial charge in [0, 0.05) is 25.2 Å². The van der Waals surface area contributed by atoms with Crippen LogP contribution < -0.4 is 5.32 Å². The van der Waals surface area contributed by atoms with Crippen molar-refractivity contribution in [2.24, 2.45) is 0 Å². The van der Waals surface area contributed by atoms with Crippen molar-refractivity contribution in [1.29, 1.82) is 0 Å². The first-order valence-corrected chi connectivity index (χ1v) is 4.81. The van der Waals surface area contributed by atoms with E-state index in [9.17, 15) is 4.79 Å². The van der Waals surface area contributed by atoms with Gasteiger partial charge in [-0.1, -0.05) is 0 Å². The summed E-state index contributed by atoms with van der Waals surface area (Å²) >= 11 is 0. The van der Waals surface area contributed by atoms with Crippen LogP contribution in [0, 0.1) is 0 Å². The average Bonchev–Trinajstić information content (AvgIpc) is 2.69. The number of carbonyl (C=O) groups is 1. The van der Waals surface area contributed by atoms with Gasteiger partial charge in [-0.15, -0.1) is 0 Å². The van der Waals surface area contributed by atoms with Crippen molar-refractivity contribution in [1.82, 2.24) is 10.2 Å². The molecule has 14 heavy (non-hydrogen) atoms. The van der Waals surface area contributed by atoms with Crippen LogP contribution in [0.3, 0.4) is 0 Å². The Hall–Kier alpha value is -1.45. The summed E-state index contributed by atoms with van der Waals surface area (Å²) in [7, 11) is 0. The molecule has 0 saturated carbocycles. The molecule has 0 atom stereocenters. The van der Waals surface area contributed by atoms with E-state index in [0.29, 0.717) is 6.54 Å². The number of nitrogens with zero attached hydrogens (tertiary/aromatic N) is 1. The van der Waals surface area contributed by atoms with Gasteiger partial charge in [0.1, 0.15) is 0 Å². The summed E-state index contributed by atoms with van der Waals surface area (Å²) in [6.07, 6.45) is 3.22. The maximum absolute atomic E-state index is 11.5. The van der Waals surface area contributed by atoms with Crippen LogP contribution in [-0.4, -0.2) is 24.0 Å². The summed E-state index contributed by atoms with van der Waals surface area (Å²) in [5, 5.41) is 2.81. The second-order valence-electron chi connectivity index (χ2n) is 2.96. The molecule has 0 aliphatic carbocycles. The van der Waals surface area contributed by atoms with Gasteiger partial charge in [-0.25, -0.2) is 4.79 Å². The summed E-state index contributed by atoms with van der Waals surface area (Å²) in [4.78, 5) is 13.2. The summed E-state index contributed by atoms with van der Waals surface area (Å²) in [5.41, 5.74) is 0.977. The molecule has 2 amide bonds. The molecule has 0 radical (unpaired) electrons. The number of urea groups is 1. The molecule has 0 bridgehead atoms. The zero-order chi connectivity index (χ0) is 10.4. The first-order chi connectivity index (χ1) is 6.77. The predicted octanol–water partition coefficient (Wildman–Crippen LogP) is 1.83. The first kappa shape index (κ1) is 10.6. The molecule has 1 rings (SSSR count). The first-order valence-electron chi connectivity index (χ1n) is 4.81. The van der Waals surface area contributed by atoms with Crippen LogP contribution in [-0.2, 0) is 6.54 Å². The molecular formula is C10H16N2O2. The fourth-order valence-electron chi connectivity index (χ4n) is 1.19. The van der Waals surface area contributed by atoms with E-state index in [0.717, 1.165) is 18.7 Å². The molecule has 4 nitrogen and oxygen atoms in total. The van der Waals surface area contributed by atoms with Crippen molar-refractivity contribution in [3.05, 3.63) is 24.2 Å². The number of rotatable bonds is 4. The monoisotopic (exact) mass is 196 g/mol. The molecule has 0 aliphatic heterocycles. The maximum atomic E-state index is 11.5. The van der Waals surface area contributed by atoms with Crippen molar-refractivity contribution < 1.29 is 9.21 Å². The molecule has 0 saturated heterocycles. The fourth-order valence-corrected chi connectivity index (χ4v) is 1.19. The summed E-state index contributed by atoms with van der Waals surface area (Å²) in [5.74, 6) is 0. The zero-order valence-corrected chi connectivity index (χ0v) is 8.62. The molecule has 0 unspecified atom stereocenters. The van der Waals surface area contributed by atoms with Crippen molar-refractivity contribution in [2.45, 2.75) is 20.4 Å². The van der Waals surface area contributed by atoms with E-state index in [2.05, 4.69) is 5.32 Å². The minimum absolute atomic E-state index is 0.0313. The van der Waals surface area contributed by atoms with E-state index >= 15 is 0 Å². The Labute approximate surface area is 83.9 Å². The molecule has 1 N–H and O–H groups in total. The van der Waals surface area contributed by atoms with Gasteiger partial charge in [-0.2, -0.15) is 0 Å². The lowest BCUT2D eigenvalue weighted by molar-refractivity contribution is 0.203. The Balaban J connectivity index is 2.34. The van der Waals surface area contributed by atoms with Gasteiger partial charge in [0.25, 0.3) is 0 Å². The van der Waals surface area contributed by atoms with Gasteiger partial charge in [-0.05, 0) is 19.9 Å². The quantitative estimate of drug-likeness (QED) is 0.798. The van der Waals surface area contributed by atoms with Crippen LogP contribution >= 0.6 is 0 Å². The fraction of sp³-hybridized carbons (Fsp3) is 0.500. The van der Waals surface area contributed by atoms with E-state index < -0.39 is 0 Å². The molecule has 0 aliphatic rings. The lowest BCUT2D eigenvalue weighted by atomic mass is 10.3. The lowest BCUT2D eigenvalue weighted by Gasteiger charge is -2.18. The number of hydrogen-bond donors (Lipinski definition) is 1. The number of nitrogens with one attached hydrogen (secondary N) is 1. The van der Waals surface area contributed by atoms with Crippen LogP contribution in [0.5, 0.6) is 0 Å². The Morgan fingerprint density at radius 2 is 2.21 bits per heavy atom. The number of carbonyl (C=O) groups excluding carboxylic acids is 1. The Morgan fingerprint density at radius 3 is 2.71 bits per heavy atom. The SMILES string of the molecule is CCN(CC)C(=O)NCc1ccoc1. The third kappa shape index (κ3) is 2.80. The highest BCUT2D eigenvalue weighted by Crippen LogP contribution is 1.99. The highest BCUT2D eigenvalue weighted by Gasteiger charge is 2.07. The van der Waals surface area contributed by atoms with Crippen LogP contribution in [0.25, 0.3) is 0 Å². The van der Waals surface area contributed by atoms with E-state index in [4.69, 9.17) is 4.42 Å². The third-order valence-corrected chi connectivity index (χ3v) is 2.07. The summed E-state index contributed by atoms with van der Waals surface area (Å²) < 4.78 is 4.90. The molecule has 1 aromatic rings. The van der Waals surface area contributed by atoms with Gasteiger partial charge < -0.3 is 14.6 Å². The summed E-state index contributed by atoms with van der Waals surface area (Å²) in [6.45, 7) is 5.90. The molecule has 0 spiro atoms.